The van der Waals surface area contributed by atoms with Gasteiger partial charge in [-0.15, -0.1) is 0 Å². The predicted octanol–water partition coefficient (Wildman–Crippen LogP) is 5.73. The van der Waals surface area contributed by atoms with Crippen LogP contribution in [0.3, 0.4) is 0 Å². The molecular formula is C22H26O2. The van der Waals surface area contributed by atoms with Crippen molar-refractivity contribution in [2.24, 2.45) is 17.3 Å². The van der Waals surface area contributed by atoms with E-state index in [1.54, 1.807) is 17.7 Å². The number of aromatic carboxylic acids is 1. The number of carbonyl (C=O) groups is 1. The minimum absolute atomic E-state index is 0.323. The van der Waals surface area contributed by atoms with Gasteiger partial charge >= 0.3 is 5.97 Å². The van der Waals surface area contributed by atoms with E-state index in [0.717, 1.165) is 23.0 Å². The van der Waals surface area contributed by atoms with Gasteiger partial charge in [0.15, 0.2) is 0 Å². The van der Waals surface area contributed by atoms with Gasteiger partial charge in [-0.2, -0.15) is 0 Å². The second kappa shape index (κ2) is 6.43. The van der Waals surface area contributed by atoms with Crippen LogP contribution < -0.4 is 0 Å². The Morgan fingerprint density at radius 3 is 2.50 bits per heavy atom. The van der Waals surface area contributed by atoms with E-state index in [0.29, 0.717) is 11.0 Å². The van der Waals surface area contributed by atoms with Gasteiger partial charge in [0.05, 0.1) is 5.56 Å². The molecule has 2 saturated carbocycles. The molecule has 2 aliphatic carbocycles. The average molecular weight is 322 g/mol. The summed E-state index contributed by atoms with van der Waals surface area (Å²) in [7, 11) is 0. The molecule has 2 aliphatic rings. The molecule has 0 saturated heterocycles. The number of carboxylic acids is 1. The topological polar surface area (TPSA) is 37.3 Å². The summed E-state index contributed by atoms with van der Waals surface area (Å²) in [6.45, 7) is 6.86. The third-order valence-corrected chi connectivity index (χ3v) is 5.82. The van der Waals surface area contributed by atoms with E-state index in [9.17, 15) is 4.79 Å². The lowest BCUT2D eigenvalue weighted by atomic mass is 9.72. The molecule has 2 nitrogen and oxygen atoms in total. The summed E-state index contributed by atoms with van der Waals surface area (Å²) in [6.07, 6.45) is 12.8. The maximum Gasteiger partial charge on any atom is 0.335 e. The average Bonchev–Trinajstić information content (AvgIpc) is 3.09. The van der Waals surface area contributed by atoms with E-state index in [1.165, 1.54) is 19.3 Å². The van der Waals surface area contributed by atoms with Gasteiger partial charge in [-0.1, -0.05) is 61.4 Å². The lowest BCUT2D eigenvalue weighted by Crippen LogP contribution is -2.22. The third-order valence-electron chi connectivity index (χ3n) is 5.82. The number of carboxylic acid groups (broad SMARTS) is 1. The molecule has 1 N–H and O–H groups in total. The van der Waals surface area contributed by atoms with E-state index in [-0.39, 0.29) is 0 Å². The highest BCUT2D eigenvalue weighted by Crippen LogP contribution is 2.58. The van der Waals surface area contributed by atoms with Crippen LogP contribution in [0.5, 0.6) is 0 Å². The normalized spacial score (nSPS) is 27.3. The predicted molar refractivity (Wildman–Crippen MR) is 98.9 cm³/mol. The first-order chi connectivity index (χ1) is 11.4. The molecule has 3 rings (SSSR count). The zero-order valence-corrected chi connectivity index (χ0v) is 14.8. The largest absolute Gasteiger partial charge is 0.478 e. The highest BCUT2D eigenvalue weighted by Gasteiger charge is 2.48. The Kier molecular flexibility index (Phi) is 4.49. The van der Waals surface area contributed by atoms with Crippen molar-refractivity contribution in [2.45, 2.75) is 40.0 Å². The van der Waals surface area contributed by atoms with Crippen molar-refractivity contribution >= 4 is 12.0 Å². The fourth-order valence-electron chi connectivity index (χ4n) is 4.37. The Morgan fingerprint density at radius 2 is 1.92 bits per heavy atom. The first kappa shape index (κ1) is 16.8. The monoisotopic (exact) mass is 322 g/mol. The number of fused-ring (bicyclic) bond motifs is 2. The minimum atomic E-state index is -0.887. The van der Waals surface area contributed by atoms with E-state index in [1.807, 2.05) is 12.1 Å². The molecule has 1 aromatic rings. The summed E-state index contributed by atoms with van der Waals surface area (Å²) in [4.78, 5) is 10.9. The van der Waals surface area contributed by atoms with Gasteiger partial charge in [0.1, 0.15) is 0 Å². The van der Waals surface area contributed by atoms with E-state index >= 15 is 0 Å². The second-order valence-electron chi connectivity index (χ2n) is 7.73. The molecule has 1 aromatic carbocycles. The van der Waals surface area contributed by atoms with Gasteiger partial charge in [0, 0.05) is 0 Å². The molecule has 0 aromatic heterocycles. The van der Waals surface area contributed by atoms with Crippen LogP contribution in [0.1, 0.15) is 56.0 Å². The first-order valence-corrected chi connectivity index (χ1v) is 8.78. The van der Waals surface area contributed by atoms with Crippen LogP contribution in [-0.4, -0.2) is 11.1 Å². The molecule has 0 heterocycles. The van der Waals surface area contributed by atoms with Crippen LogP contribution in [0.25, 0.3) is 6.08 Å². The number of hydrogen-bond acceptors (Lipinski definition) is 1. The molecule has 2 bridgehead atoms. The number of allylic oxidation sites excluding steroid dienone is 5. The smallest absolute Gasteiger partial charge is 0.335 e. The van der Waals surface area contributed by atoms with Crippen molar-refractivity contribution in [2.75, 3.05) is 0 Å². The van der Waals surface area contributed by atoms with E-state index in [4.69, 9.17) is 5.11 Å². The molecule has 126 valence electrons. The molecule has 0 aliphatic heterocycles. The lowest BCUT2D eigenvalue weighted by Gasteiger charge is -2.32. The standard InChI is InChI=1S/C22H26O2/c1-15(13-16-7-9-17(10-8-16)21(23)24)5-4-6-20-18-11-12-19(14-18)22(20,2)3/h4-10,13,18-19H,11-12,14H2,1-3H3,(H,23,24). The fourth-order valence-corrected chi connectivity index (χ4v) is 4.37. The van der Waals surface area contributed by atoms with Crippen molar-refractivity contribution in [3.8, 4) is 0 Å². The maximum absolute atomic E-state index is 10.9. The summed E-state index contributed by atoms with van der Waals surface area (Å²) in [6, 6.07) is 6.98. The number of rotatable bonds is 4. The first-order valence-electron chi connectivity index (χ1n) is 8.78. The van der Waals surface area contributed by atoms with Gasteiger partial charge in [-0.25, -0.2) is 4.79 Å². The van der Waals surface area contributed by atoms with Crippen LogP contribution in [0.4, 0.5) is 0 Å². The summed E-state index contributed by atoms with van der Waals surface area (Å²) >= 11 is 0. The summed E-state index contributed by atoms with van der Waals surface area (Å²) < 4.78 is 0. The second-order valence-corrected chi connectivity index (χ2v) is 7.73. The van der Waals surface area contributed by atoms with Crippen molar-refractivity contribution in [1.29, 1.82) is 0 Å². The SMILES string of the molecule is CC(C=CC=C1C2CCC(C2)C1(C)C)=Cc1ccc(C(=O)O)cc1. The third kappa shape index (κ3) is 3.24. The Bertz CT molecular complexity index is 717. The Balaban J connectivity index is 1.70. The van der Waals surface area contributed by atoms with Crippen molar-refractivity contribution in [1.82, 2.24) is 0 Å². The highest BCUT2D eigenvalue weighted by molar-refractivity contribution is 5.87. The van der Waals surface area contributed by atoms with Gasteiger partial charge in [-0.3, -0.25) is 0 Å². The molecular weight excluding hydrogens is 296 g/mol. The zero-order chi connectivity index (χ0) is 17.3. The van der Waals surface area contributed by atoms with Crippen LogP contribution in [0.15, 0.2) is 53.6 Å². The number of benzene rings is 1. The van der Waals surface area contributed by atoms with Crippen molar-refractivity contribution in [3.05, 3.63) is 64.8 Å². The molecule has 0 amide bonds. The van der Waals surface area contributed by atoms with Gasteiger partial charge < -0.3 is 5.11 Å². The van der Waals surface area contributed by atoms with E-state index < -0.39 is 5.97 Å². The van der Waals surface area contributed by atoms with Crippen molar-refractivity contribution < 1.29 is 9.90 Å². The minimum Gasteiger partial charge on any atom is -0.478 e. The summed E-state index contributed by atoms with van der Waals surface area (Å²) in [5.41, 5.74) is 4.49. The fraction of sp³-hybridized carbons (Fsp3) is 0.409. The molecule has 2 atom stereocenters. The molecule has 24 heavy (non-hydrogen) atoms. The number of hydrogen-bond donors (Lipinski definition) is 1. The molecule has 0 spiro atoms. The van der Waals surface area contributed by atoms with Gasteiger partial charge in [0.25, 0.3) is 0 Å². The molecule has 0 radical (unpaired) electrons. The molecule has 2 fully saturated rings. The maximum atomic E-state index is 10.9. The van der Waals surface area contributed by atoms with E-state index in [2.05, 4.69) is 45.1 Å². The van der Waals surface area contributed by atoms with Gasteiger partial charge in [-0.05, 0) is 61.1 Å². The Hall–Kier alpha value is -2.09. The van der Waals surface area contributed by atoms with Gasteiger partial charge in [0.2, 0.25) is 0 Å². The molecule has 2 heteroatoms. The Labute approximate surface area is 144 Å². The summed E-state index contributed by atoms with van der Waals surface area (Å²) in [5, 5.41) is 8.93. The lowest BCUT2D eigenvalue weighted by molar-refractivity contribution is 0.0697. The molecule has 2 unspecified atom stereocenters. The zero-order valence-electron chi connectivity index (χ0n) is 14.8. The van der Waals surface area contributed by atoms with Crippen LogP contribution in [-0.2, 0) is 0 Å². The quantitative estimate of drug-likeness (QED) is 0.719. The Morgan fingerprint density at radius 1 is 1.21 bits per heavy atom. The summed E-state index contributed by atoms with van der Waals surface area (Å²) in [5.74, 6) is 0.774. The van der Waals surface area contributed by atoms with Crippen LogP contribution >= 0.6 is 0 Å². The van der Waals surface area contributed by atoms with Crippen molar-refractivity contribution in [3.63, 3.8) is 0 Å². The highest BCUT2D eigenvalue weighted by atomic mass is 16.4. The van der Waals surface area contributed by atoms with Crippen LogP contribution in [0.2, 0.25) is 0 Å². The van der Waals surface area contributed by atoms with Crippen LogP contribution in [0, 0.1) is 17.3 Å².